The van der Waals surface area contributed by atoms with Crippen LogP contribution in [0.2, 0.25) is 0 Å². The third kappa shape index (κ3) is 6.57. The first-order valence-corrected chi connectivity index (χ1v) is 19.0. The van der Waals surface area contributed by atoms with E-state index < -0.39 is 6.85 Å². The molecule has 58 heavy (non-hydrogen) atoms. The number of anilines is 2. The van der Waals surface area contributed by atoms with Crippen LogP contribution in [-0.4, -0.2) is 14.1 Å². The molecule has 288 valence electrons. The Bertz CT molecular complexity index is 3090. The van der Waals surface area contributed by atoms with E-state index in [0.717, 1.165) is 49.9 Å². The molecule has 0 fully saturated rings. The van der Waals surface area contributed by atoms with Crippen molar-refractivity contribution < 1.29 is 29.3 Å². The van der Waals surface area contributed by atoms with Gasteiger partial charge in [-0.15, -0.1) is 42.7 Å². The molecule has 0 amide bonds. The maximum atomic E-state index is 8.63. The number of hydrogen-bond acceptors (Lipinski definition) is 4. The van der Waals surface area contributed by atoms with E-state index in [1.807, 2.05) is 120 Å². The van der Waals surface area contributed by atoms with Crippen LogP contribution < -0.4 is 14.5 Å². The molecular weight excluding hydrogens is 805 g/mol. The summed E-state index contributed by atoms with van der Waals surface area (Å²) in [6.07, 6.45) is 5.71. The minimum absolute atomic E-state index is 0. The normalized spacial score (nSPS) is 13.8. The molecule has 0 radical (unpaired) electrons. The van der Waals surface area contributed by atoms with Crippen molar-refractivity contribution in [2.75, 3.05) is 9.80 Å². The van der Waals surface area contributed by atoms with Crippen molar-refractivity contribution in [2.24, 2.45) is 0 Å². The van der Waals surface area contributed by atoms with Crippen molar-refractivity contribution in [1.29, 1.82) is 0 Å². The summed E-state index contributed by atoms with van der Waals surface area (Å²) in [5, 5.41) is 1.90. The van der Waals surface area contributed by atoms with Gasteiger partial charge in [0.15, 0.2) is 0 Å². The second kappa shape index (κ2) is 14.8. The molecule has 0 bridgehead atoms. The Morgan fingerprint density at radius 2 is 1.36 bits per heavy atom. The fourth-order valence-electron chi connectivity index (χ4n) is 7.74. The van der Waals surface area contributed by atoms with Crippen LogP contribution in [0.5, 0.6) is 11.5 Å². The third-order valence-corrected chi connectivity index (χ3v) is 10.6. The summed E-state index contributed by atoms with van der Waals surface area (Å²) in [6, 6.07) is 55.2. The number of fused-ring (bicyclic) bond motifs is 5. The Kier molecular flexibility index (Phi) is 8.63. The van der Waals surface area contributed by atoms with Crippen LogP contribution in [0.1, 0.15) is 36.0 Å². The molecule has 1 aliphatic rings. The molecule has 0 aliphatic carbocycles. The second-order valence-corrected chi connectivity index (χ2v) is 15.3. The van der Waals surface area contributed by atoms with Gasteiger partial charge >= 0.3 is 0 Å². The van der Waals surface area contributed by atoms with Gasteiger partial charge in [-0.1, -0.05) is 111 Å². The van der Waals surface area contributed by atoms with E-state index in [1.165, 1.54) is 5.56 Å². The van der Waals surface area contributed by atoms with Gasteiger partial charge < -0.3 is 23.7 Å². The SMILES string of the molecule is [2H]C([2H])([2H])c1cc(-n2c3[c-]c(Oc4[c-]c(N5C=CN(c6cccc(C(C)(C)C)c6)[CH-]5)ccc4)ccc3c3c2c2ccccc2n3-c2ccccc2)ncc1-c1ccccc1.[Pd]. The predicted molar refractivity (Wildman–Crippen MR) is 233 cm³/mol. The van der Waals surface area contributed by atoms with E-state index >= 15 is 0 Å². The Labute approximate surface area is 357 Å². The molecule has 0 spiro atoms. The van der Waals surface area contributed by atoms with Gasteiger partial charge in [-0.05, 0) is 77.8 Å². The van der Waals surface area contributed by atoms with Crippen LogP contribution in [-0.2, 0) is 25.8 Å². The van der Waals surface area contributed by atoms with Crippen molar-refractivity contribution in [3.05, 3.63) is 194 Å². The van der Waals surface area contributed by atoms with Gasteiger partial charge in [0.2, 0.25) is 0 Å². The number of aryl methyl sites for hydroxylation is 1. The number of aromatic nitrogens is 3. The van der Waals surface area contributed by atoms with E-state index in [0.29, 0.717) is 28.4 Å². The largest absolute Gasteiger partial charge is 0.509 e. The number of pyridine rings is 1. The van der Waals surface area contributed by atoms with E-state index in [-0.39, 0.29) is 31.4 Å². The van der Waals surface area contributed by atoms with E-state index in [4.69, 9.17) is 13.8 Å². The monoisotopic (exact) mass is 847 g/mol. The summed E-state index contributed by atoms with van der Waals surface area (Å²) in [7, 11) is 0. The van der Waals surface area contributed by atoms with Gasteiger partial charge in [-0.2, -0.15) is 12.1 Å². The minimum Gasteiger partial charge on any atom is -0.509 e. The van der Waals surface area contributed by atoms with Gasteiger partial charge in [0.1, 0.15) is 5.82 Å². The number of benzene rings is 6. The molecule has 0 saturated carbocycles. The van der Waals surface area contributed by atoms with Crippen LogP contribution in [0.25, 0.3) is 55.5 Å². The van der Waals surface area contributed by atoms with Crippen LogP contribution >= 0.6 is 0 Å². The standard InChI is InChI=1S/C51H40N5O.Pd/c1-35-29-48(52-33-45(35)36-15-7-5-8-16-36)56-47-32-42(25-26-44(47)49-50(56)43-23-11-12-24-46(43)55(49)38-18-9-6-10-19-38)57-41-22-14-21-40(31-41)54-28-27-53(34-54)39-20-13-17-37(30-39)51(2,3)4;/h5-30,33-34H,1-4H3;/q-3;/i1D3;. The molecule has 0 unspecified atom stereocenters. The molecule has 9 aromatic rings. The third-order valence-electron chi connectivity index (χ3n) is 10.6. The Morgan fingerprint density at radius 3 is 2.17 bits per heavy atom. The van der Waals surface area contributed by atoms with Gasteiger partial charge in [-0.25, -0.2) is 4.98 Å². The number of hydrogen-bond donors (Lipinski definition) is 0. The van der Waals surface area contributed by atoms with Crippen LogP contribution in [0.3, 0.4) is 0 Å². The maximum absolute atomic E-state index is 8.63. The Hall–Kier alpha value is -6.39. The summed E-state index contributed by atoms with van der Waals surface area (Å²) < 4.78 is 36.7. The first-order valence-electron chi connectivity index (χ1n) is 20.5. The summed E-state index contributed by atoms with van der Waals surface area (Å²) in [5.41, 5.74) is 9.31. The number of ether oxygens (including phenoxy) is 1. The van der Waals surface area contributed by atoms with E-state index in [1.54, 1.807) is 12.3 Å². The number of para-hydroxylation sites is 2. The summed E-state index contributed by atoms with van der Waals surface area (Å²) in [5.74, 6) is 1.47. The van der Waals surface area contributed by atoms with Crippen molar-refractivity contribution in [2.45, 2.75) is 33.0 Å². The average molecular weight is 848 g/mol. The van der Waals surface area contributed by atoms with Gasteiger partial charge in [0.05, 0.1) is 11.0 Å². The fraction of sp³-hybridized carbons (Fsp3) is 0.0980. The smallest absolute Gasteiger partial charge is 0.135 e. The zero-order valence-electron chi connectivity index (χ0n) is 35.1. The molecule has 10 rings (SSSR count). The number of nitrogens with zero attached hydrogens (tertiary/aromatic N) is 5. The van der Waals surface area contributed by atoms with Crippen LogP contribution in [0, 0.1) is 25.7 Å². The number of rotatable bonds is 7. The molecular formula is C51H40N5OPd-3. The summed E-state index contributed by atoms with van der Waals surface area (Å²) in [6.45, 7) is 6.28. The predicted octanol–water partition coefficient (Wildman–Crippen LogP) is 12.7. The van der Waals surface area contributed by atoms with Gasteiger partial charge in [0, 0.05) is 70.1 Å². The Balaban J connectivity index is 0.00000476. The van der Waals surface area contributed by atoms with Gasteiger partial charge in [0.25, 0.3) is 0 Å². The van der Waals surface area contributed by atoms with Gasteiger partial charge in [-0.3, -0.25) is 0 Å². The average Bonchev–Trinajstić information content (AvgIpc) is 3.97. The molecule has 1 aliphatic heterocycles. The summed E-state index contributed by atoms with van der Waals surface area (Å²) >= 11 is 0. The van der Waals surface area contributed by atoms with Crippen molar-refractivity contribution in [3.63, 3.8) is 0 Å². The topological polar surface area (TPSA) is 38.5 Å². The first kappa shape index (κ1) is 33.7. The zero-order valence-corrected chi connectivity index (χ0v) is 33.7. The molecule has 3 aromatic heterocycles. The van der Waals surface area contributed by atoms with Crippen molar-refractivity contribution >= 4 is 44.2 Å². The molecule has 0 N–H and O–H groups in total. The quantitative estimate of drug-likeness (QED) is 0.118. The minimum atomic E-state index is -2.41. The van der Waals surface area contributed by atoms with Crippen LogP contribution in [0.15, 0.2) is 164 Å². The Morgan fingerprint density at radius 1 is 0.655 bits per heavy atom. The van der Waals surface area contributed by atoms with E-state index in [9.17, 15) is 0 Å². The molecule has 7 heteroatoms. The van der Waals surface area contributed by atoms with E-state index in [2.05, 4.69) is 90.9 Å². The molecule has 4 heterocycles. The maximum Gasteiger partial charge on any atom is 0.135 e. The first-order chi connectivity index (χ1) is 29.0. The second-order valence-electron chi connectivity index (χ2n) is 15.3. The molecule has 6 aromatic carbocycles. The fourth-order valence-corrected chi connectivity index (χ4v) is 7.74. The van der Waals surface area contributed by atoms with Crippen molar-refractivity contribution in [1.82, 2.24) is 14.1 Å². The molecule has 0 atom stereocenters. The van der Waals surface area contributed by atoms with Crippen LogP contribution in [0.4, 0.5) is 11.4 Å². The molecule has 6 nitrogen and oxygen atoms in total. The van der Waals surface area contributed by atoms with Crippen molar-refractivity contribution in [3.8, 4) is 34.1 Å². The summed E-state index contributed by atoms with van der Waals surface area (Å²) in [4.78, 5) is 9.11. The zero-order chi connectivity index (χ0) is 41.2. The molecule has 0 saturated heterocycles.